The van der Waals surface area contributed by atoms with Gasteiger partial charge in [0, 0.05) is 11.4 Å². The number of hydrogen-bond acceptors (Lipinski definition) is 1. The SMILES string of the molecule is C=C(/C=C\C)Nc1ccc2ccccc2c1. The second-order valence-corrected chi connectivity index (χ2v) is 3.71. The zero-order valence-corrected chi connectivity index (χ0v) is 9.40. The Morgan fingerprint density at radius 2 is 1.88 bits per heavy atom. The van der Waals surface area contributed by atoms with Crippen molar-refractivity contribution in [2.45, 2.75) is 6.92 Å². The van der Waals surface area contributed by atoms with Crippen LogP contribution >= 0.6 is 0 Å². The van der Waals surface area contributed by atoms with E-state index in [9.17, 15) is 0 Å². The Morgan fingerprint density at radius 1 is 1.12 bits per heavy atom. The summed E-state index contributed by atoms with van der Waals surface area (Å²) in [5.74, 6) is 0. The quantitative estimate of drug-likeness (QED) is 0.741. The van der Waals surface area contributed by atoms with Crippen LogP contribution in [0.5, 0.6) is 0 Å². The zero-order valence-electron chi connectivity index (χ0n) is 9.40. The normalized spacial score (nSPS) is 10.8. The van der Waals surface area contributed by atoms with E-state index in [0.29, 0.717) is 0 Å². The van der Waals surface area contributed by atoms with E-state index in [0.717, 1.165) is 11.4 Å². The Morgan fingerprint density at radius 3 is 2.62 bits per heavy atom. The van der Waals surface area contributed by atoms with Gasteiger partial charge in [0.2, 0.25) is 0 Å². The molecule has 0 aromatic heterocycles. The summed E-state index contributed by atoms with van der Waals surface area (Å²) >= 11 is 0. The lowest BCUT2D eigenvalue weighted by atomic mass is 10.1. The largest absolute Gasteiger partial charge is 0.356 e. The molecule has 1 N–H and O–H groups in total. The Kier molecular flexibility index (Phi) is 3.06. The zero-order chi connectivity index (χ0) is 11.4. The maximum absolute atomic E-state index is 3.92. The molecule has 0 aliphatic rings. The molecule has 0 aliphatic carbocycles. The second kappa shape index (κ2) is 4.67. The van der Waals surface area contributed by atoms with E-state index in [1.165, 1.54) is 10.8 Å². The van der Waals surface area contributed by atoms with Crippen LogP contribution in [0.4, 0.5) is 5.69 Å². The highest BCUT2D eigenvalue weighted by atomic mass is 14.9. The molecule has 16 heavy (non-hydrogen) atoms. The molecule has 2 aromatic carbocycles. The molecule has 2 rings (SSSR count). The Bertz CT molecular complexity index is 538. The number of nitrogens with one attached hydrogen (secondary N) is 1. The summed E-state index contributed by atoms with van der Waals surface area (Å²) < 4.78 is 0. The summed E-state index contributed by atoms with van der Waals surface area (Å²) in [4.78, 5) is 0. The predicted octanol–water partition coefficient (Wildman–Crippen LogP) is 4.34. The van der Waals surface area contributed by atoms with Crippen LogP contribution in [0.15, 0.2) is 66.9 Å². The monoisotopic (exact) mass is 209 g/mol. The highest BCUT2D eigenvalue weighted by molar-refractivity contribution is 5.85. The number of benzene rings is 2. The van der Waals surface area contributed by atoms with Crippen molar-refractivity contribution in [1.29, 1.82) is 0 Å². The highest BCUT2D eigenvalue weighted by Gasteiger charge is 1.95. The minimum atomic E-state index is 0.901. The van der Waals surface area contributed by atoms with Gasteiger partial charge in [0.05, 0.1) is 0 Å². The number of hydrogen-bond donors (Lipinski definition) is 1. The van der Waals surface area contributed by atoms with E-state index in [4.69, 9.17) is 0 Å². The van der Waals surface area contributed by atoms with Crippen LogP contribution in [0.2, 0.25) is 0 Å². The molecule has 1 nitrogen and oxygen atoms in total. The van der Waals surface area contributed by atoms with Gasteiger partial charge in [-0.1, -0.05) is 43.0 Å². The maximum atomic E-state index is 3.92. The summed E-state index contributed by atoms with van der Waals surface area (Å²) in [6.07, 6.45) is 3.92. The molecule has 0 saturated heterocycles. The van der Waals surface area contributed by atoms with Gasteiger partial charge in [-0.3, -0.25) is 0 Å². The van der Waals surface area contributed by atoms with Crippen molar-refractivity contribution in [2.75, 3.05) is 5.32 Å². The maximum Gasteiger partial charge on any atom is 0.0390 e. The Hall–Kier alpha value is -2.02. The van der Waals surface area contributed by atoms with Gasteiger partial charge in [0.25, 0.3) is 0 Å². The van der Waals surface area contributed by atoms with Gasteiger partial charge in [0.15, 0.2) is 0 Å². The molecule has 0 radical (unpaired) electrons. The van der Waals surface area contributed by atoms with Gasteiger partial charge in [0.1, 0.15) is 0 Å². The van der Waals surface area contributed by atoms with Crippen LogP contribution in [0, 0.1) is 0 Å². The molecule has 0 spiro atoms. The Balaban J connectivity index is 2.29. The fourth-order valence-electron chi connectivity index (χ4n) is 1.70. The first kappa shape index (κ1) is 10.5. The number of fused-ring (bicyclic) bond motifs is 1. The fourth-order valence-corrected chi connectivity index (χ4v) is 1.70. The predicted molar refractivity (Wildman–Crippen MR) is 71.5 cm³/mol. The number of anilines is 1. The molecule has 1 heteroatoms. The molecular weight excluding hydrogens is 194 g/mol. The second-order valence-electron chi connectivity index (χ2n) is 3.71. The molecule has 0 aliphatic heterocycles. The van der Waals surface area contributed by atoms with Crippen molar-refractivity contribution in [3.8, 4) is 0 Å². The summed E-state index contributed by atoms with van der Waals surface area (Å²) in [5.41, 5.74) is 1.97. The molecule has 0 bridgehead atoms. The molecule has 0 saturated carbocycles. The first-order valence-corrected chi connectivity index (χ1v) is 5.37. The van der Waals surface area contributed by atoms with Crippen molar-refractivity contribution in [3.05, 3.63) is 66.9 Å². The van der Waals surface area contributed by atoms with Crippen molar-refractivity contribution < 1.29 is 0 Å². The van der Waals surface area contributed by atoms with Crippen LogP contribution in [0.25, 0.3) is 10.8 Å². The van der Waals surface area contributed by atoms with Gasteiger partial charge >= 0.3 is 0 Å². The first-order valence-electron chi connectivity index (χ1n) is 5.37. The number of allylic oxidation sites excluding steroid dienone is 2. The number of rotatable bonds is 3. The lowest BCUT2D eigenvalue weighted by molar-refractivity contribution is 1.49. The molecule has 0 unspecified atom stereocenters. The van der Waals surface area contributed by atoms with Gasteiger partial charge in [-0.2, -0.15) is 0 Å². The summed E-state index contributed by atoms with van der Waals surface area (Å²) in [6.45, 7) is 5.90. The minimum Gasteiger partial charge on any atom is -0.356 e. The lowest BCUT2D eigenvalue weighted by Crippen LogP contribution is -1.94. The molecular formula is C15H15N. The van der Waals surface area contributed by atoms with E-state index in [-0.39, 0.29) is 0 Å². The van der Waals surface area contributed by atoms with Crippen LogP contribution < -0.4 is 5.32 Å². The topological polar surface area (TPSA) is 12.0 Å². The van der Waals surface area contributed by atoms with Gasteiger partial charge in [-0.05, 0) is 35.9 Å². The van der Waals surface area contributed by atoms with Crippen LogP contribution in [0.1, 0.15) is 6.92 Å². The summed E-state index contributed by atoms with van der Waals surface area (Å²) in [5, 5.41) is 5.74. The van der Waals surface area contributed by atoms with Crippen LogP contribution in [-0.2, 0) is 0 Å². The summed E-state index contributed by atoms with van der Waals surface area (Å²) in [6, 6.07) is 14.6. The highest BCUT2D eigenvalue weighted by Crippen LogP contribution is 2.19. The minimum absolute atomic E-state index is 0.901. The van der Waals surface area contributed by atoms with E-state index >= 15 is 0 Å². The van der Waals surface area contributed by atoms with Crippen molar-refractivity contribution in [1.82, 2.24) is 0 Å². The van der Waals surface area contributed by atoms with Gasteiger partial charge in [-0.15, -0.1) is 0 Å². The van der Waals surface area contributed by atoms with E-state index in [2.05, 4.69) is 42.2 Å². The van der Waals surface area contributed by atoms with Crippen molar-refractivity contribution in [2.24, 2.45) is 0 Å². The molecule has 0 heterocycles. The average molecular weight is 209 g/mol. The van der Waals surface area contributed by atoms with Crippen molar-refractivity contribution >= 4 is 16.5 Å². The summed E-state index contributed by atoms with van der Waals surface area (Å²) in [7, 11) is 0. The Labute approximate surface area is 96.1 Å². The molecule has 0 amide bonds. The smallest absolute Gasteiger partial charge is 0.0390 e. The average Bonchev–Trinajstić information content (AvgIpc) is 2.29. The van der Waals surface area contributed by atoms with Gasteiger partial charge in [-0.25, -0.2) is 0 Å². The van der Waals surface area contributed by atoms with E-state index in [1.54, 1.807) is 0 Å². The molecule has 0 fully saturated rings. The van der Waals surface area contributed by atoms with Crippen molar-refractivity contribution in [3.63, 3.8) is 0 Å². The standard InChI is InChI=1S/C15H15N/c1-3-6-12(2)16-15-10-9-13-7-4-5-8-14(13)11-15/h3-11,16H,2H2,1H3/b6-3-. The first-order chi connectivity index (χ1) is 7.79. The fraction of sp³-hybridized carbons (Fsp3) is 0.0667. The van der Waals surface area contributed by atoms with E-state index in [1.807, 2.05) is 31.2 Å². The third kappa shape index (κ3) is 2.31. The third-order valence-corrected chi connectivity index (χ3v) is 2.42. The molecule has 0 atom stereocenters. The van der Waals surface area contributed by atoms with Crippen LogP contribution in [-0.4, -0.2) is 0 Å². The lowest BCUT2D eigenvalue weighted by Gasteiger charge is -2.07. The van der Waals surface area contributed by atoms with Gasteiger partial charge < -0.3 is 5.32 Å². The van der Waals surface area contributed by atoms with Crippen LogP contribution in [0.3, 0.4) is 0 Å². The van der Waals surface area contributed by atoms with E-state index < -0.39 is 0 Å². The third-order valence-electron chi connectivity index (χ3n) is 2.42. The molecule has 80 valence electrons. The molecule has 2 aromatic rings.